The summed E-state index contributed by atoms with van der Waals surface area (Å²) >= 11 is 0. The monoisotopic (exact) mass is 397 g/mol. The molecule has 0 saturated carbocycles. The summed E-state index contributed by atoms with van der Waals surface area (Å²) in [6.45, 7) is 4.12. The maximum absolute atomic E-state index is 14.5. The number of hydrogen-bond donors (Lipinski definition) is 0. The molecule has 29 heavy (non-hydrogen) atoms. The molecule has 0 amide bonds. The normalized spacial score (nSPS) is 12.8. The van der Waals surface area contributed by atoms with Gasteiger partial charge in [-0.25, -0.2) is 13.2 Å². The van der Waals surface area contributed by atoms with Gasteiger partial charge in [0.15, 0.2) is 0 Å². The van der Waals surface area contributed by atoms with Crippen LogP contribution in [-0.4, -0.2) is 23.1 Å². The fourth-order valence-electron chi connectivity index (χ4n) is 3.40. The number of fused-ring (bicyclic) bond motifs is 1. The van der Waals surface area contributed by atoms with Crippen LogP contribution in [-0.2, 0) is 0 Å². The highest BCUT2D eigenvalue weighted by atomic mass is 19.1. The van der Waals surface area contributed by atoms with Crippen LogP contribution < -0.4 is 9.64 Å². The van der Waals surface area contributed by atoms with E-state index in [1.54, 1.807) is 32.1 Å². The van der Waals surface area contributed by atoms with Crippen LogP contribution in [0.25, 0.3) is 17.3 Å². The summed E-state index contributed by atoms with van der Waals surface area (Å²) < 4.78 is 48.1. The molecule has 0 unspecified atom stereocenters. The molecular formula is C22H18F3N3O. The smallest absolute Gasteiger partial charge is 0.318 e. The van der Waals surface area contributed by atoms with Crippen molar-refractivity contribution in [3.05, 3.63) is 71.1 Å². The first-order valence-electron chi connectivity index (χ1n) is 9.19. The van der Waals surface area contributed by atoms with Gasteiger partial charge in [-0.3, -0.25) is 0 Å². The number of ether oxygens (including phenoxy) is 1. The SMILES string of the molecule is CCOc1nc(-c2ccc(F)cc2C)c2c(n1)N(c1c(F)cccc1F)CC=C2. The van der Waals surface area contributed by atoms with E-state index in [-0.39, 0.29) is 24.1 Å². The van der Waals surface area contributed by atoms with Crippen LogP contribution in [0.15, 0.2) is 42.5 Å². The lowest BCUT2D eigenvalue weighted by atomic mass is 9.99. The zero-order valence-corrected chi connectivity index (χ0v) is 15.9. The van der Waals surface area contributed by atoms with Gasteiger partial charge in [-0.15, -0.1) is 0 Å². The minimum Gasteiger partial charge on any atom is -0.464 e. The summed E-state index contributed by atoms with van der Waals surface area (Å²) in [6.07, 6.45) is 3.58. The van der Waals surface area contributed by atoms with Crippen LogP contribution in [0.3, 0.4) is 0 Å². The Morgan fingerprint density at radius 1 is 1.07 bits per heavy atom. The topological polar surface area (TPSA) is 38.3 Å². The van der Waals surface area contributed by atoms with E-state index in [1.165, 1.54) is 35.2 Å². The molecule has 0 fully saturated rings. The average Bonchev–Trinajstić information content (AvgIpc) is 2.68. The van der Waals surface area contributed by atoms with E-state index >= 15 is 0 Å². The molecule has 0 atom stereocenters. The summed E-state index contributed by atoms with van der Waals surface area (Å²) in [5.41, 5.74) is 2.26. The molecule has 1 aromatic heterocycles. The van der Waals surface area contributed by atoms with Crippen LogP contribution in [0.1, 0.15) is 18.1 Å². The molecule has 148 valence electrons. The number of aryl methyl sites for hydroxylation is 1. The van der Waals surface area contributed by atoms with Crippen molar-refractivity contribution in [2.75, 3.05) is 18.1 Å². The number of nitrogens with zero attached hydrogens (tertiary/aromatic N) is 3. The Balaban J connectivity index is 1.97. The Bertz CT molecular complexity index is 1090. The zero-order chi connectivity index (χ0) is 20.5. The molecule has 0 bridgehead atoms. The van der Waals surface area contributed by atoms with Crippen LogP contribution in [0, 0.1) is 24.4 Å². The minimum absolute atomic E-state index is 0.0852. The van der Waals surface area contributed by atoms with Crippen LogP contribution in [0.5, 0.6) is 6.01 Å². The van der Waals surface area contributed by atoms with E-state index in [1.807, 2.05) is 0 Å². The third kappa shape index (κ3) is 3.44. The number of benzene rings is 2. The Hall–Kier alpha value is -3.35. The Kier molecular flexibility index (Phi) is 4.96. The van der Waals surface area contributed by atoms with Crippen molar-refractivity contribution in [3.8, 4) is 17.3 Å². The Morgan fingerprint density at radius 2 is 1.83 bits per heavy atom. The molecule has 2 aromatic carbocycles. The molecule has 7 heteroatoms. The van der Waals surface area contributed by atoms with Crippen LogP contribution >= 0.6 is 0 Å². The molecule has 4 rings (SSSR count). The molecule has 0 radical (unpaired) electrons. The largest absolute Gasteiger partial charge is 0.464 e. The molecular weight excluding hydrogens is 379 g/mol. The fraction of sp³-hybridized carbons (Fsp3) is 0.182. The number of halogens is 3. The van der Waals surface area contributed by atoms with E-state index in [9.17, 15) is 13.2 Å². The molecule has 2 heterocycles. The number of rotatable bonds is 4. The number of hydrogen-bond acceptors (Lipinski definition) is 4. The molecule has 0 aliphatic carbocycles. The van der Waals surface area contributed by atoms with Crippen LogP contribution in [0.2, 0.25) is 0 Å². The van der Waals surface area contributed by atoms with Crippen molar-refractivity contribution < 1.29 is 17.9 Å². The van der Waals surface area contributed by atoms with Crippen molar-refractivity contribution in [1.82, 2.24) is 9.97 Å². The summed E-state index contributed by atoms with van der Waals surface area (Å²) in [5, 5.41) is 0. The first-order chi connectivity index (χ1) is 14.0. The Morgan fingerprint density at radius 3 is 2.52 bits per heavy atom. The highest BCUT2D eigenvalue weighted by Gasteiger charge is 2.27. The lowest BCUT2D eigenvalue weighted by molar-refractivity contribution is 0.313. The lowest BCUT2D eigenvalue weighted by Crippen LogP contribution is -2.25. The third-order valence-electron chi connectivity index (χ3n) is 4.66. The highest BCUT2D eigenvalue weighted by Crippen LogP contribution is 2.39. The molecule has 0 spiro atoms. The Labute approximate surface area is 166 Å². The van der Waals surface area contributed by atoms with E-state index in [0.717, 1.165) is 0 Å². The molecule has 1 aliphatic heterocycles. The maximum atomic E-state index is 14.5. The van der Waals surface area contributed by atoms with Crippen molar-refractivity contribution in [1.29, 1.82) is 0 Å². The number of anilines is 2. The lowest BCUT2D eigenvalue weighted by Gasteiger charge is -2.29. The molecule has 4 nitrogen and oxygen atoms in total. The summed E-state index contributed by atoms with van der Waals surface area (Å²) in [5.74, 6) is -1.41. The van der Waals surface area contributed by atoms with Crippen molar-refractivity contribution >= 4 is 17.6 Å². The number of aromatic nitrogens is 2. The molecule has 3 aromatic rings. The second-order valence-corrected chi connectivity index (χ2v) is 6.57. The maximum Gasteiger partial charge on any atom is 0.318 e. The van der Waals surface area contributed by atoms with Crippen molar-refractivity contribution in [3.63, 3.8) is 0 Å². The van der Waals surface area contributed by atoms with E-state index in [4.69, 9.17) is 4.74 Å². The predicted octanol–water partition coefficient (Wildman–Crippen LogP) is 5.43. The van der Waals surface area contributed by atoms with Gasteiger partial charge in [-0.2, -0.15) is 9.97 Å². The summed E-state index contributed by atoms with van der Waals surface area (Å²) in [7, 11) is 0. The molecule has 0 saturated heterocycles. The average molecular weight is 397 g/mol. The van der Waals surface area contributed by atoms with E-state index in [0.29, 0.717) is 34.8 Å². The summed E-state index contributed by atoms with van der Waals surface area (Å²) in [4.78, 5) is 10.3. The minimum atomic E-state index is -0.692. The second-order valence-electron chi connectivity index (χ2n) is 6.57. The first-order valence-corrected chi connectivity index (χ1v) is 9.19. The summed E-state index contributed by atoms with van der Waals surface area (Å²) in [6, 6.07) is 8.18. The molecule has 1 aliphatic rings. The third-order valence-corrected chi connectivity index (χ3v) is 4.66. The highest BCUT2D eigenvalue weighted by molar-refractivity contribution is 5.85. The van der Waals surface area contributed by atoms with Gasteiger partial charge in [0.25, 0.3) is 0 Å². The van der Waals surface area contributed by atoms with Crippen molar-refractivity contribution in [2.24, 2.45) is 0 Å². The van der Waals surface area contributed by atoms with Crippen LogP contribution in [0.4, 0.5) is 24.7 Å². The zero-order valence-electron chi connectivity index (χ0n) is 15.9. The first kappa shape index (κ1) is 19.0. The van der Waals surface area contributed by atoms with Gasteiger partial charge in [0.05, 0.1) is 12.3 Å². The second kappa shape index (κ2) is 7.58. The van der Waals surface area contributed by atoms with E-state index < -0.39 is 11.6 Å². The van der Waals surface area contributed by atoms with Gasteiger partial charge in [0.1, 0.15) is 29.0 Å². The van der Waals surface area contributed by atoms with Gasteiger partial charge in [0, 0.05) is 17.7 Å². The van der Waals surface area contributed by atoms with Gasteiger partial charge >= 0.3 is 6.01 Å². The number of para-hydroxylation sites is 1. The van der Waals surface area contributed by atoms with E-state index in [2.05, 4.69) is 9.97 Å². The predicted molar refractivity (Wildman–Crippen MR) is 106 cm³/mol. The van der Waals surface area contributed by atoms with Gasteiger partial charge < -0.3 is 9.64 Å². The standard InChI is InChI=1S/C22H18F3N3O/c1-3-29-22-26-19(15-10-9-14(23)12-13(15)2)16-6-5-11-28(21(16)27-22)20-17(24)7-4-8-18(20)25/h4-10,12H,3,11H2,1-2H3. The van der Waals surface area contributed by atoms with Crippen molar-refractivity contribution in [2.45, 2.75) is 13.8 Å². The molecule has 0 N–H and O–H groups in total. The van der Waals surface area contributed by atoms with Gasteiger partial charge in [0.2, 0.25) is 0 Å². The fourth-order valence-corrected chi connectivity index (χ4v) is 3.40. The van der Waals surface area contributed by atoms with Gasteiger partial charge in [-0.1, -0.05) is 18.2 Å². The van der Waals surface area contributed by atoms with Gasteiger partial charge in [-0.05, 0) is 49.7 Å². The quantitative estimate of drug-likeness (QED) is 0.588.